The molecule has 0 radical (unpaired) electrons. The summed E-state index contributed by atoms with van der Waals surface area (Å²) in [4.78, 5) is 44.2. The van der Waals surface area contributed by atoms with Crippen LogP contribution in [0.2, 0.25) is 5.02 Å². The van der Waals surface area contributed by atoms with E-state index in [0.29, 0.717) is 39.6 Å². The van der Waals surface area contributed by atoms with Crippen molar-refractivity contribution >= 4 is 46.2 Å². The monoisotopic (exact) mass is 540 g/mol. The predicted molar refractivity (Wildman–Crippen MR) is 148 cm³/mol. The van der Waals surface area contributed by atoms with Crippen molar-refractivity contribution in [1.82, 2.24) is 28.7 Å². The maximum absolute atomic E-state index is 13.2. The van der Waals surface area contributed by atoms with Crippen LogP contribution in [-0.2, 0) is 20.6 Å². The fourth-order valence-electron chi connectivity index (χ4n) is 4.71. The molecule has 4 aromatic rings. The standard InChI is InChI=1S/C25H29ClN8O2S/c1-16-14-17(2)28-23(27-16)37-13-12-34-20-21(30(3)25(36)31(4)22(20)35)29-24(34)33-10-8-32(9-11-33)19-7-5-6-18(26)15-19/h5-7,14-15H,8-13H2,1-4H3. The Morgan fingerprint density at radius 2 is 1.59 bits per heavy atom. The predicted octanol–water partition coefficient (Wildman–Crippen LogP) is 2.61. The first kappa shape index (κ1) is 25.3. The van der Waals surface area contributed by atoms with Crippen molar-refractivity contribution in [2.75, 3.05) is 41.7 Å². The SMILES string of the molecule is Cc1cc(C)nc(SCCn2c(N3CCN(c4cccc(Cl)c4)CC3)nc3c2c(=O)n(C)c(=O)n3C)n1. The quantitative estimate of drug-likeness (QED) is 0.272. The molecule has 0 bridgehead atoms. The van der Waals surface area contributed by atoms with E-state index in [2.05, 4.69) is 25.8 Å². The lowest BCUT2D eigenvalue weighted by molar-refractivity contribution is 0.622. The van der Waals surface area contributed by atoms with E-state index in [1.165, 1.54) is 23.4 Å². The lowest BCUT2D eigenvalue weighted by Crippen LogP contribution is -2.47. The Hall–Kier alpha value is -3.31. The molecule has 5 rings (SSSR count). The van der Waals surface area contributed by atoms with Crippen LogP contribution in [0, 0.1) is 13.8 Å². The first-order valence-electron chi connectivity index (χ1n) is 12.1. The van der Waals surface area contributed by atoms with E-state index in [-0.39, 0.29) is 5.56 Å². The third kappa shape index (κ3) is 4.97. The summed E-state index contributed by atoms with van der Waals surface area (Å²) in [5.41, 5.74) is 3.02. The minimum Gasteiger partial charge on any atom is -0.368 e. The maximum Gasteiger partial charge on any atom is 0.332 e. The third-order valence-electron chi connectivity index (χ3n) is 6.57. The van der Waals surface area contributed by atoms with Gasteiger partial charge >= 0.3 is 5.69 Å². The Bertz CT molecular complexity index is 1570. The first-order valence-corrected chi connectivity index (χ1v) is 13.5. The van der Waals surface area contributed by atoms with Crippen molar-refractivity contribution in [1.29, 1.82) is 0 Å². The Morgan fingerprint density at radius 3 is 2.27 bits per heavy atom. The highest BCUT2D eigenvalue weighted by Gasteiger charge is 2.26. The number of imidazole rings is 1. The van der Waals surface area contributed by atoms with Gasteiger partial charge < -0.3 is 14.4 Å². The van der Waals surface area contributed by atoms with E-state index >= 15 is 0 Å². The zero-order chi connectivity index (χ0) is 26.3. The highest BCUT2D eigenvalue weighted by molar-refractivity contribution is 7.99. The van der Waals surface area contributed by atoms with Gasteiger partial charge in [-0.05, 0) is 38.1 Å². The van der Waals surface area contributed by atoms with Gasteiger partial charge in [-0.3, -0.25) is 13.9 Å². The molecule has 37 heavy (non-hydrogen) atoms. The van der Waals surface area contributed by atoms with Gasteiger partial charge in [0, 0.05) is 74.7 Å². The average Bonchev–Trinajstić information content (AvgIpc) is 3.25. The normalized spacial score (nSPS) is 14.1. The summed E-state index contributed by atoms with van der Waals surface area (Å²) >= 11 is 7.74. The van der Waals surface area contributed by atoms with Crippen LogP contribution in [0.3, 0.4) is 0 Å². The number of hydrogen-bond donors (Lipinski definition) is 0. The van der Waals surface area contributed by atoms with E-state index in [1.54, 1.807) is 7.05 Å². The Morgan fingerprint density at radius 1 is 0.919 bits per heavy atom. The van der Waals surface area contributed by atoms with Gasteiger partial charge in [-0.1, -0.05) is 29.4 Å². The van der Waals surface area contributed by atoms with Crippen LogP contribution < -0.4 is 21.0 Å². The van der Waals surface area contributed by atoms with Gasteiger partial charge in [0.1, 0.15) is 0 Å². The largest absolute Gasteiger partial charge is 0.368 e. The lowest BCUT2D eigenvalue weighted by Gasteiger charge is -2.36. The number of hydrogen-bond acceptors (Lipinski definition) is 8. The summed E-state index contributed by atoms with van der Waals surface area (Å²) in [5, 5.41) is 1.42. The van der Waals surface area contributed by atoms with Gasteiger partial charge in [0.25, 0.3) is 5.56 Å². The second kappa shape index (κ2) is 10.2. The molecule has 0 N–H and O–H groups in total. The van der Waals surface area contributed by atoms with Gasteiger partial charge in [-0.15, -0.1) is 0 Å². The molecule has 3 aromatic heterocycles. The summed E-state index contributed by atoms with van der Waals surface area (Å²) < 4.78 is 4.53. The summed E-state index contributed by atoms with van der Waals surface area (Å²) in [5.74, 6) is 1.34. The average molecular weight is 541 g/mol. The van der Waals surface area contributed by atoms with E-state index in [4.69, 9.17) is 16.6 Å². The molecule has 10 nitrogen and oxygen atoms in total. The number of anilines is 2. The van der Waals surface area contributed by atoms with Crippen LogP contribution in [0.25, 0.3) is 11.2 Å². The Balaban J connectivity index is 1.46. The zero-order valence-corrected chi connectivity index (χ0v) is 22.9. The molecule has 0 unspecified atom stereocenters. The molecule has 0 atom stereocenters. The topological polar surface area (TPSA) is 94.1 Å². The molecule has 1 fully saturated rings. The summed E-state index contributed by atoms with van der Waals surface area (Å²) in [6.07, 6.45) is 0. The van der Waals surface area contributed by atoms with Crippen LogP contribution in [0.4, 0.5) is 11.6 Å². The smallest absolute Gasteiger partial charge is 0.332 e. The number of aryl methyl sites for hydroxylation is 4. The molecule has 1 aliphatic heterocycles. The number of thioether (sulfide) groups is 1. The van der Waals surface area contributed by atoms with Gasteiger partial charge in [0.05, 0.1) is 0 Å². The van der Waals surface area contributed by atoms with Gasteiger partial charge in [-0.2, -0.15) is 4.98 Å². The van der Waals surface area contributed by atoms with Crippen molar-refractivity contribution in [2.24, 2.45) is 14.1 Å². The second-order valence-electron chi connectivity index (χ2n) is 9.18. The molecular formula is C25H29ClN8O2S. The summed E-state index contributed by atoms with van der Waals surface area (Å²) in [6.45, 7) is 7.43. The lowest BCUT2D eigenvalue weighted by atomic mass is 10.2. The van der Waals surface area contributed by atoms with Crippen molar-refractivity contribution in [2.45, 2.75) is 25.5 Å². The van der Waals surface area contributed by atoms with Crippen molar-refractivity contribution in [3.05, 3.63) is 67.6 Å². The first-order chi connectivity index (χ1) is 17.7. The van der Waals surface area contributed by atoms with Gasteiger partial charge in [0.2, 0.25) is 5.95 Å². The summed E-state index contributed by atoms with van der Waals surface area (Å²) in [6, 6.07) is 9.80. The number of piperazine rings is 1. The highest BCUT2D eigenvalue weighted by atomic mass is 35.5. The fraction of sp³-hybridized carbons (Fsp3) is 0.400. The minimum absolute atomic E-state index is 0.345. The number of aromatic nitrogens is 6. The molecule has 0 spiro atoms. The minimum atomic E-state index is -0.391. The van der Waals surface area contributed by atoms with Crippen LogP contribution in [-0.4, -0.2) is 60.6 Å². The van der Waals surface area contributed by atoms with Crippen molar-refractivity contribution in [3.8, 4) is 0 Å². The molecule has 194 valence electrons. The van der Waals surface area contributed by atoms with Crippen LogP contribution in [0.1, 0.15) is 11.4 Å². The van der Waals surface area contributed by atoms with E-state index in [1.807, 2.05) is 42.7 Å². The number of rotatable bonds is 6. The Labute approximate surface area is 223 Å². The van der Waals surface area contributed by atoms with Gasteiger partial charge in [-0.25, -0.2) is 14.8 Å². The number of halogens is 1. The number of nitrogens with zero attached hydrogens (tertiary/aromatic N) is 8. The van der Waals surface area contributed by atoms with Crippen LogP contribution in [0.15, 0.2) is 45.1 Å². The van der Waals surface area contributed by atoms with Crippen molar-refractivity contribution in [3.63, 3.8) is 0 Å². The molecule has 1 aromatic carbocycles. The van der Waals surface area contributed by atoms with Crippen LogP contribution in [0.5, 0.6) is 0 Å². The molecular weight excluding hydrogens is 512 g/mol. The molecule has 1 aliphatic rings. The van der Waals surface area contributed by atoms with Crippen LogP contribution >= 0.6 is 23.4 Å². The fourth-order valence-corrected chi connectivity index (χ4v) is 5.77. The molecule has 0 amide bonds. The number of fused-ring (bicyclic) bond motifs is 1. The highest BCUT2D eigenvalue weighted by Crippen LogP contribution is 2.25. The number of benzene rings is 1. The van der Waals surface area contributed by atoms with E-state index in [0.717, 1.165) is 47.8 Å². The zero-order valence-electron chi connectivity index (χ0n) is 21.3. The molecule has 12 heteroatoms. The summed E-state index contributed by atoms with van der Waals surface area (Å²) in [7, 11) is 3.16. The molecule has 4 heterocycles. The Kier molecular flexibility index (Phi) is 7.00. The van der Waals surface area contributed by atoms with E-state index in [9.17, 15) is 9.59 Å². The molecule has 1 saturated heterocycles. The van der Waals surface area contributed by atoms with E-state index < -0.39 is 5.69 Å². The second-order valence-corrected chi connectivity index (χ2v) is 10.7. The maximum atomic E-state index is 13.2. The molecule has 0 aliphatic carbocycles. The molecule has 0 saturated carbocycles. The van der Waals surface area contributed by atoms with Gasteiger partial charge in [0.15, 0.2) is 16.3 Å². The van der Waals surface area contributed by atoms with Crippen molar-refractivity contribution < 1.29 is 0 Å². The third-order valence-corrected chi connectivity index (χ3v) is 7.63.